The number of hydrogen-bond acceptors (Lipinski definition) is 2. The first-order valence-corrected chi connectivity index (χ1v) is 8.20. The van der Waals surface area contributed by atoms with E-state index in [1.807, 2.05) is 49.4 Å². The molecule has 0 aliphatic rings. The molecule has 0 fully saturated rings. The molecule has 106 valence electrons. The number of halogens is 2. The van der Waals surface area contributed by atoms with Gasteiger partial charge in [-0.1, -0.05) is 57.0 Å². The summed E-state index contributed by atoms with van der Waals surface area (Å²) in [6, 6.07) is 13.2. The molecule has 0 saturated carbocycles. The predicted octanol–water partition coefficient (Wildman–Crippen LogP) is 5.75. The molecule has 1 aromatic heterocycles. The van der Waals surface area contributed by atoms with Gasteiger partial charge in [0.2, 0.25) is 0 Å². The molecule has 0 N–H and O–H groups in total. The SMILES string of the molecule is CCc1oc2ccccc2c1C(=O)c1cc(Br)cc(Br)c1. The maximum absolute atomic E-state index is 12.9. The third kappa shape index (κ3) is 2.70. The molecule has 3 aromatic rings. The van der Waals surface area contributed by atoms with Crippen LogP contribution in [0.1, 0.15) is 28.6 Å². The van der Waals surface area contributed by atoms with Crippen molar-refractivity contribution in [3.05, 3.63) is 68.3 Å². The Kier molecular flexibility index (Phi) is 4.00. The van der Waals surface area contributed by atoms with Crippen molar-refractivity contribution < 1.29 is 9.21 Å². The van der Waals surface area contributed by atoms with Gasteiger partial charge in [-0.05, 0) is 24.3 Å². The summed E-state index contributed by atoms with van der Waals surface area (Å²) in [6.45, 7) is 1.99. The van der Waals surface area contributed by atoms with E-state index in [0.29, 0.717) is 17.5 Å². The lowest BCUT2D eigenvalue weighted by Gasteiger charge is -2.03. The number of aryl methyl sites for hydroxylation is 1. The third-order valence-corrected chi connectivity index (χ3v) is 4.26. The van der Waals surface area contributed by atoms with Crippen molar-refractivity contribution in [3.63, 3.8) is 0 Å². The number of carbonyl (C=O) groups is 1. The van der Waals surface area contributed by atoms with E-state index in [9.17, 15) is 4.79 Å². The van der Waals surface area contributed by atoms with Crippen LogP contribution in [0.15, 0.2) is 55.8 Å². The van der Waals surface area contributed by atoms with Crippen molar-refractivity contribution in [2.75, 3.05) is 0 Å². The Morgan fingerprint density at radius 3 is 2.43 bits per heavy atom. The molecule has 2 aromatic carbocycles. The zero-order valence-corrected chi connectivity index (χ0v) is 14.5. The lowest BCUT2D eigenvalue weighted by atomic mass is 9.99. The summed E-state index contributed by atoms with van der Waals surface area (Å²) in [7, 11) is 0. The molecule has 0 radical (unpaired) electrons. The Balaban J connectivity index is 2.21. The van der Waals surface area contributed by atoms with Crippen molar-refractivity contribution in [2.45, 2.75) is 13.3 Å². The standard InChI is InChI=1S/C17H12Br2O2/c1-2-14-16(13-5-3-4-6-15(13)21-14)17(20)10-7-11(18)9-12(19)8-10/h3-9H,2H2,1H3. The van der Waals surface area contributed by atoms with Crippen molar-refractivity contribution in [1.82, 2.24) is 0 Å². The Bertz CT molecular complexity index is 814. The third-order valence-electron chi connectivity index (χ3n) is 3.34. The predicted molar refractivity (Wildman–Crippen MR) is 90.9 cm³/mol. The first-order valence-electron chi connectivity index (χ1n) is 6.61. The molecule has 0 spiro atoms. The van der Waals surface area contributed by atoms with Gasteiger partial charge in [-0.3, -0.25) is 4.79 Å². The average Bonchev–Trinajstić information content (AvgIpc) is 2.83. The largest absolute Gasteiger partial charge is 0.460 e. The van der Waals surface area contributed by atoms with Crippen LogP contribution in [0.3, 0.4) is 0 Å². The Labute approximate surface area is 139 Å². The molecule has 0 amide bonds. The van der Waals surface area contributed by atoms with E-state index in [4.69, 9.17) is 4.42 Å². The maximum atomic E-state index is 12.9. The minimum Gasteiger partial charge on any atom is -0.460 e. The van der Waals surface area contributed by atoms with Gasteiger partial charge >= 0.3 is 0 Å². The molecule has 2 nitrogen and oxygen atoms in total. The summed E-state index contributed by atoms with van der Waals surface area (Å²) in [5.41, 5.74) is 2.06. The van der Waals surface area contributed by atoms with E-state index in [2.05, 4.69) is 31.9 Å². The maximum Gasteiger partial charge on any atom is 0.197 e. The van der Waals surface area contributed by atoms with Crippen LogP contribution in [0.2, 0.25) is 0 Å². The summed E-state index contributed by atoms with van der Waals surface area (Å²) < 4.78 is 7.54. The quantitative estimate of drug-likeness (QED) is 0.517. The van der Waals surface area contributed by atoms with Gasteiger partial charge in [0.15, 0.2) is 5.78 Å². The van der Waals surface area contributed by atoms with Crippen LogP contribution < -0.4 is 0 Å². The van der Waals surface area contributed by atoms with E-state index in [0.717, 1.165) is 25.7 Å². The van der Waals surface area contributed by atoms with Crippen molar-refractivity contribution in [3.8, 4) is 0 Å². The van der Waals surface area contributed by atoms with Crippen LogP contribution in [0.5, 0.6) is 0 Å². The van der Waals surface area contributed by atoms with Crippen LogP contribution in [0, 0.1) is 0 Å². The molecule has 0 unspecified atom stereocenters. The van der Waals surface area contributed by atoms with Crippen molar-refractivity contribution in [1.29, 1.82) is 0 Å². The molecule has 0 aliphatic heterocycles. The minimum absolute atomic E-state index is 0.0150. The Morgan fingerprint density at radius 1 is 1.10 bits per heavy atom. The summed E-state index contributed by atoms with van der Waals surface area (Å²) >= 11 is 6.85. The molecular weight excluding hydrogens is 396 g/mol. The summed E-state index contributed by atoms with van der Waals surface area (Å²) in [5, 5.41) is 0.871. The molecular formula is C17H12Br2O2. The highest BCUT2D eigenvalue weighted by Gasteiger charge is 2.21. The van der Waals surface area contributed by atoms with Crippen LogP contribution in [0.25, 0.3) is 11.0 Å². The number of rotatable bonds is 3. The van der Waals surface area contributed by atoms with Gasteiger partial charge < -0.3 is 4.42 Å². The number of benzene rings is 2. The number of furan rings is 1. The number of ketones is 1. The van der Waals surface area contributed by atoms with Gasteiger partial charge in [0, 0.05) is 26.3 Å². The fourth-order valence-electron chi connectivity index (χ4n) is 2.42. The van der Waals surface area contributed by atoms with Gasteiger partial charge in [-0.2, -0.15) is 0 Å². The molecule has 21 heavy (non-hydrogen) atoms. The second-order valence-corrected chi connectivity index (χ2v) is 6.57. The fourth-order valence-corrected chi connectivity index (χ4v) is 3.72. The van der Waals surface area contributed by atoms with Crippen LogP contribution in [0.4, 0.5) is 0 Å². The topological polar surface area (TPSA) is 30.2 Å². The number of fused-ring (bicyclic) bond motifs is 1. The molecule has 0 saturated heterocycles. The van der Waals surface area contributed by atoms with Gasteiger partial charge in [-0.15, -0.1) is 0 Å². The van der Waals surface area contributed by atoms with E-state index in [1.165, 1.54) is 0 Å². The van der Waals surface area contributed by atoms with E-state index < -0.39 is 0 Å². The second-order valence-electron chi connectivity index (χ2n) is 4.74. The molecule has 0 atom stereocenters. The first-order chi connectivity index (χ1) is 10.1. The van der Waals surface area contributed by atoms with Gasteiger partial charge in [0.1, 0.15) is 11.3 Å². The van der Waals surface area contributed by atoms with Crippen LogP contribution in [-0.4, -0.2) is 5.78 Å². The Morgan fingerprint density at radius 2 is 1.76 bits per heavy atom. The summed E-state index contributed by atoms with van der Waals surface area (Å²) in [6.07, 6.45) is 0.685. The highest BCUT2D eigenvalue weighted by molar-refractivity contribution is 9.11. The number of para-hydroxylation sites is 1. The summed E-state index contributed by atoms with van der Waals surface area (Å²) in [5.74, 6) is 0.719. The van der Waals surface area contributed by atoms with E-state index >= 15 is 0 Å². The Hall–Kier alpha value is -1.39. The van der Waals surface area contributed by atoms with Crippen molar-refractivity contribution >= 4 is 48.6 Å². The lowest BCUT2D eigenvalue weighted by Crippen LogP contribution is -2.03. The zero-order chi connectivity index (χ0) is 15.0. The van der Waals surface area contributed by atoms with E-state index in [1.54, 1.807) is 0 Å². The monoisotopic (exact) mass is 406 g/mol. The molecule has 3 rings (SSSR count). The second kappa shape index (κ2) is 5.78. The highest BCUT2D eigenvalue weighted by atomic mass is 79.9. The van der Waals surface area contributed by atoms with E-state index in [-0.39, 0.29) is 5.78 Å². The molecule has 1 heterocycles. The fraction of sp³-hybridized carbons (Fsp3) is 0.118. The number of hydrogen-bond donors (Lipinski definition) is 0. The summed E-state index contributed by atoms with van der Waals surface area (Å²) in [4.78, 5) is 12.9. The molecule has 0 aliphatic carbocycles. The van der Waals surface area contributed by atoms with Gasteiger partial charge in [0.25, 0.3) is 0 Å². The smallest absolute Gasteiger partial charge is 0.197 e. The minimum atomic E-state index is -0.0150. The van der Waals surface area contributed by atoms with Gasteiger partial charge in [-0.25, -0.2) is 0 Å². The number of carbonyl (C=O) groups excluding carboxylic acids is 1. The van der Waals surface area contributed by atoms with Crippen molar-refractivity contribution in [2.24, 2.45) is 0 Å². The molecule has 4 heteroatoms. The first kappa shape index (κ1) is 14.5. The zero-order valence-electron chi connectivity index (χ0n) is 11.3. The molecule has 0 bridgehead atoms. The lowest BCUT2D eigenvalue weighted by molar-refractivity contribution is 0.103. The average molecular weight is 408 g/mol. The highest BCUT2D eigenvalue weighted by Crippen LogP contribution is 2.30. The van der Waals surface area contributed by atoms with Crippen LogP contribution >= 0.6 is 31.9 Å². The van der Waals surface area contributed by atoms with Crippen LogP contribution in [-0.2, 0) is 6.42 Å². The van der Waals surface area contributed by atoms with Gasteiger partial charge in [0.05, 0.1) is 5.56 Å². The normalized spacial score (nSPS) is 11.0.